The molecule has 2 aromatic carbocycles. The summed E-state index contributed by atoms with van der Waals surface area (Å²) in [6.45, 7) is 4.73. The van der Waals surface area contributed by atoms with Crippen LogP contribution in [0.3, 0.4) is 0 Å². The second-order valence-electron chi connectivity index (χ2n) is 6.82. The summed E-state index contributed by atoms with van der Waals surface area (Å²) in [7, 11) is 1.62. The lowest BCUT2D eigenvalue weighted by molar-refractivity contribution is -0.118. The summed E-state index contributed by atoms with van der Waals surface area (Å²) in [6, 6.07) is 15.0. The lowest BCUT2D eigenvalue weighted by atomic mass is 10.1. The second-order valence-corrected chi connectivity index (χ2v) is 8.22. The normalized spacial score (nSPS) is 10.9. The lowest BCUT2D eigenvalue weighted by Crippen LogP contribution is -2.35. The lowest BCUT2D eigenvalue weighted by Gasteiger charge is -2.21. The Hall–Kier alpha value is -2.44. The quantitative estimate of drug-likeness (QED) is 0.538. The maximum absolute atomic E-state index is 13.0. The Labute approximate surface area is 173 Å². The van der Waals surface area contributed by atoms with E-state index in [-0.39, 0.29) is 12.3 Å². The summed E-state index contributed by atoms with van der Waals surface area (Å²) in [5, 5.41) is 10.6. The van der Waals surface area contributed by atoms with Crippen LogP contribution in [0.4, 0.5) is 5.13 Å². The summed E-state index contributed by atoms with van der Waals surface area (Å²) in [5.41, 5.74) is 1.83. The number of methoxy groups -OCH3 is 1. The molecule has 0 bridgehead atoms. The molecule has 0 aliphatic rings. The highest BCUT2D eigenvalue weighted by Gasteiger charge is 2.22. The minimum absolute atomic E-state index is 0.0132. The number of aromatic nitrogens is 2. The van der Waals surface area contributed by atoms with Gasteiger partial charge in [0.25, 0.3) is 0 Å². The number of halogens is 1. The number of anilines is 1. The summed E-state index contributed by atoms with van der Waals surface area (Å²) < 4.78 is 5.25. The maximum atomic E-state index is 13.0. The SMILES string of the molecule is COc1cccc(CC(=O)N(CC(C)C)c2nnc(-c3ccc(Cl)cc3)s2)c1. The van der Waals surface area contributed by atoms with E-state index in [9.17, 15) is 4.79 Å². The van der Waals surface area contributed by atoms with E-state index in [0.29, 0.717) is 22.6 Å². The van der Waals surface area contributed by atoms with Crippen molar-refractivity contribution in [1.29, 1.82) is 0 Å². The van der Waals surface area contributed by atoms with Gasteiger partial charge in [-0.1, -0.05) is 61.1 Å². The standard InChI is InChI=1S/C21H22ClN3O2S/c1-14(2)13-25(19(26)12-15-5-4-6-18(11-15)27-3)21-24-23-20(28-21)16-7-9-17(22)10-8-16/h4-11,14H,12-13H2,1-3H3. The van der Waals surface area contributed by atoms with E-state index in [1.54, 1.807) is 12.0 Å². The van der Waals surface area contributed by atoms with E-state index in [2.05, 4.69) is 24.0 Å². The third kappa shape index (κ3) is 5.09. The van der Waals surface area contributed by atoms with Gasteiger partial charge in [0.05, 0.1) is 13.5 Å². The average molecular weight is 416 g/mol. The van der Waals surface area contributed by atoms with Crippen LogP contribution in [0.25, 0.3) is 10.6 Å². The van der Waals surface area contributed by atoms with Crippen molar-refractivity contribution in [3.8, 4) is 16.3 Å². The molecule has 0 radical (unpaired) electrons. The van der Waals surface area contributed by atoms with Crippen LogP contribution in [0, 0.1) is 5.92 Å². The van der Waals surface area contributed by atoms with Crippen molar-refractivity contribution < 1.29 is 9.53 Å². The van der Waals surface area contributed by atoms with Gasteiger partial charge in [-0.05, 0) is 35.7 Å². The first-order valence-electron chi connectivity index (χ1n) is 8.99. The van der Waals surface area contributed by atoms with E-state index in [0.717, 1.165) is 21.9 Å². The molecule has 7 heteroatoms. The Kier molecular flexibility index (Phi) is 6.65. The maximum Gasteiger partial charge on any atom is 0.233 e. The molecule has 0 aliphatic heterocycles. The molecular formula is C21H22ClN3O2S. The molecule has 1 heterocycles. The monoisotopic (exact) mass is 415 g/mol. The zero-order chi connectivity index (χ0) is 20.1. The number of nitrogens with zero attached hydrogens (tertiary/aromatic N) is 3. The summed E-state index contributed by atoms with van der Waals surface area (Å²) >= 11 is 7.36. The molecule has 0 aliphatic carbocycles. The van der Waals surface area contributed by atoms with Crippen molar-refractivity contribution >= 4 is 34.0 Å². The molecule has 5 nitrogen and oxygen atoms in total. The van der Waals surface area contributed by atoms with Crippen molar-refractivity contribution in [3.05, 3.63) is 59.1 Å². The number of hydrogen-bond acceptors (Lipinski definition) is 5. The molecule has 28 heavy (non-hydrogen) atoms. The fraction of sp³-hybridized carbons (Fsp3) is 0.286. The van der Waals surface area contributed by atoms with Crippen molar-refractivity contribution in [1.82, 2.24) is 10.2 Å². The molecule has 0 N–H and O–H groups in total. The Balaban J connectivity index is 1.83. The molecule has 1 amide bonds. The fourth-order valence-electron chi connectivity index (χ4n) is 2.74. The third-order valence-corrected chi connectivity index (χ3v) is 5.32. The van der Waals surface area contributed by atoms with Gasteiger partial charge < -0.3 is 4.74 Å². The van der Waals surface area contributed by atoms with Gasteiger partial charge >= 0.3 is 0 Å². The zero-order valence-corrected chi connectivity index (χ0v) is 17.6. The van der Waals surface area contributed by atoms with Crippen molar-refractivity contribution in [2.24, 2.45) is 5.92 Å². The van der Waals surface area contributed by atoms with Crippen LogP contribution >= 0.6 is 22.9 Å². The largest absolute Gasteiger partial charge is 0.497 e. The number of ether oxygens (including phenoxy) is 1. The summed E-state index contributed by atoms with van der Waals surface area (Å²) in [5.74, 6) is 1.03. The highest BCUT2D eigenvalue weighted by Crippen LogP contribution is 2.30. The highest BCUT2D eigenvalue weighted by atomic mass is 35.5. The smallest absolute Gasteiger partial charge is 0.233 e. The molecule has 1 aromatic heterocycles. The zero-order valence-electron chi connectivity index (χ0n) is 16.1. The molecule has 0 spiro atoms. The van der Waals surface area contributed by atoms with Gasteiger partial charge in [0.2, 0.25) is 11.0 Å². The first kappa shape index (κ1) is 20.3. The average Bonchev–Trinajstić information content (AvgIpc) is 3.16. The molecular weight excluding hydrogens is 394 g/mol. The minimum Gasteiger partial charge on any atom is -0.497 e. The molecule has 3 rings (SSSR count). The predicted octanol–water partition coefficient (Wildman–Crippen LogP) is 5.10. The van der Waals surface area contributed by atoms with Crippen LogP contribution in [0.2, 0.25) is 5.02 Å². The molecule has 0 unspecified atom stereocenters. The van der Waals surface area contributed by atoms with Gasteiger partial charge in [-0.2, -0.15) is 0 Å². The second kappa shape index (κ2) is 9.17. The fourth-order valence-corrected chi connectivity index (χ4v) is 3.74. The molecule has 3 aromatic rings. The summed E-state index contributed by atoms with van der Waals surface area (Å²) in [4.78, 5) is 14.8. The van der Waals surface area contributed by atoms with E-state index in [1.165, 1.54) is 11.3 Å². The Morgan fingerprint density at radius 2 is 1.93 bits per heavy atom. The van der Waals surface area contributed by atoms with Crippen LogP contribution in [0.15, 0.2) is 48.5 Å². The van der Waals surface area contributed by atoms with Crippen LogP contribution in [-0.2, 0) is 11.2 Å². The molecule has 0 atom stereocenters. The predicted molar refractivity (Wildman–Crippen MR) is 114 cm³/mol. The number of carbonyl (C=O) groups excluding carboxylic acids is 1. The highest BCUT2D eigenvalue weighted by molar-refractivity contribution is 7.18. The first-order valence-corrected chi connectivity index (χ1v) is 10.2. The molecule has 0 fully saturated rings. The van der Waals surface area contributed by atoms with Crippen molar-refractivity contribution in [2.75, 3.05) is 18.6 Å². The summed E-state index contributed by atoms with van der Waals surface area (Å²) in [6.07, 6.45) is 0.278. The number of benzene rings is 2. The van der Waals surface area contributed by atoms with Crippen molar-refractivity contribution in [3.63, 3.8) is 0 Å². The molecule has 0 saturated carbocycles. The van der Waals surface area contributed by atoms with Gasteiger partial charge in [-0.25, -0.2) is 0 Å². The minimum atomic E-state index is -0.0132. The Morgan fingerprint density at radius 1 is 1.18 bits per heavy atom. The van der Waals surface area contributed by atoms with E-state index in [1.807, 2.05) is 48.5 Å². The third-order valence-electron chi connectivity index (χ3n) is 4.07. The molecule has 0 saturated heterocycles. The number of hydrogen-bond donors (Lipinski definition) is 0. The van der Waals surface area contributed by atoms with Gasteiger partial charge in [-0.15, -0.1) is 10.2 Å². The van der Waals surface area contributed by atoms with E-state index >= 15 is 0 Å². The Bertz CT molecular complexity index is 941. The Morgan fingerprint density at radius 3 is 2.61 bits per heavy atom. The van der Waals surface area contributed by atoms with Gasteiger partial charge in [0.15, 0.2) is 0 Å². The first-order chi connectivity index (χ1) is 13.5. The number of amides is 1. The van der Waals surface area contributed by atoms with Crippen LogP contribution < -0.4 is 9.64 Å². The van der Waals surface area contributed by atoms with Crippen LogP contribution in [-0.4, -0.2) is 29.8 Å². The van der Waals surface area contributed by atoms with Crippen LogP contribution in [0.1, 0.15) is 19.4 Å². The number of rotatable bonds is 7. The van der Waals surface area contributed by atoms with E-state index in [4.69, 9.17) is 16.3 Å². The van der Waals surface area contributed by atoms with E-state index < -0.39 is 0 Å². The number of carbonyl (C=O) groups is 1. The molecule has 146 valence electrons. The van der Waals surface area contributed by atoms with Gasteiger partial charge in [0, 0.05) is 17.1 Å². The van der Waals surface area contributed by atoms with Crippen molar-refractivity contribution in [2.45, 2.75) is 20.3 Å². The topological polar surface area (TPSA) is 55.3 Å². The van der Waals surface area contributed by atoms with Crippen LogP contribution in [0.5, 0.6) is 5.75 Å². The van der Waals surface area contributed by atoms with Gasteiger partial charge in [0.1, 0.15) is 10.8 Å². The van der Waals surface area contributed by atoms with Gasteiger partial charge in [-0.3, -0.25) is 9.69 Å².